The van der Waals surface area contributed by atoms with Crippen LogP contribution in [0.2, 0.25) is 5.15 Å². The van der Waals surface area contributed by atoms with E-state index in [1.807, 2.05) is 0 Å². The zero-order valence-electron chi connectivity index (χ0n) is 12.4. The summed E-state index contributed by atoms with van der Waals surface area (Å²) in [6, 6.07) is -0.151. The number of alkyl halides is 3. The molecule has 0 saturated heterocycles. The Labute approximate surface area is 136 Å². The maximum absolute atomic E-state index is 12.3. The van der Waals surface area contributed by atoms with Crippen LogP contribution in [-0.4, -0.2) is 51.7 Å². The molecule has 1 saturated carbocycles. The van der Waals surface area contributed by atoms with Crippen LogP contribution in [0.3, 0.4) is 0 Å². The van der Waals surface area contributed by atoms with E-state index in [1.165, 1.54) is 0 Å². The lowest BCUT2D eigenvalue weighted by Crippen LogP contribution is -2.23. The number of nitrogens with zero attached hydrogens (tertiary/aromatic N) is 2. The van der Waals surface area contributed by atoms with E-state index in [-0.39, 0.29) is 29.7 Å². The van der Waals surface area contributed by atoms with E-state index in [0.717, 1.165) is 0 Å². The molecule has 130 valence electrons. The summed E-state index contributed by atoms with van der Waals surface area (Å²) in [5.74, 6) is -0.143. The summed E-state index contributed by atoms with van der Waals surface area (Å²) in [7, 11) is 0. The molecule has 3 unspecified atom stereocenters. The number of hydrogen-bond acceptors (Lipinski definition) is 6. The van der Waals surface area contributed by atoms with Gasteiger partial charge >= 0.3 is 6.18 Å². The number of anilines is 2. The fourth-order valence-corrected chi connectivity index (χ4v) is 2.67. The molecule has 2 rings (SSSR count). The highest BCUT2D eigenvalue weighted by Gasteiger charge is 2.33. The highest BCUT2D eigenvalue weighted by Crippen LogP contribution is 2.30. The first-order valence-corrected chi connectivity index (χ1v) is 7.47. The first kappa shape index (κ1) is 18.0. The minimum Gasteiger partial charge on any atom is -0.396 e. The minimum absolute atomic E-state index is 0.0458. The molecule has 0 radical (unpaired) electrons. The van der Waals surface area contributed by atoms with Gasteiger partial charge in [-0.15, -0.1) is 0 Å². The number of aliphatic hydroxyl groups excluding tert-OH is 2. The first-order valence-electron chi connectivity index (χ1n) is 7.10. The zero-order chi connectivity index (χ0) is 17.2. The zero-order valence-corrected chi connectivity index (χ0v) is 13.1. The lowest BCUT2D eigenvalue weighted by molar-refractivity contribution is -0.115. The third-order valence-corrected chi connectivity index (χ3v) is 4.13. The molecule has 10 heteroatoms. The molecule has 1 aliphatic carbocycles. The van der Waals surface area contributed by atoms with E-state index >= 15 is 0 Å². The molecular weight excluding hydrogens is 337 g/mol. The smallest absolute Gasteiger partial charge is 0.396 e. The maximum Gasteiger partial charge on any atom is 0.405 e. The molecule has 0 aliphatic heterocycles. The van der Waals surface area contributed by atoms with Gasteiger partial charge in [0.2, 0.25) is 5.95 Å². The summed E-state index contributed by atoms with van der Waals surface area (Å²) in [4.78, 5) is 7.78. The average molecular weight is 355 g/mol. The molecule has 0 spiro atoms. The van der Waals surface area contributed by atoms with Gasteiger partial charge in [0.1, 0.15) is 17.5 Å². The molecular formula is C13H18ClF3N4O2. The second-order valence-corrected chi connectivity index (χ2v) is 5.96. The number of aromatic nitrogens is 2. The normalized spacial score (nSPS) is 24.7. The third kappa shape index (κ3) is 4.82. The molecule has 1 heterocycles. The fraction of sp³-hybridized carbons (Fsp3) is 0.692. The van der Waals surface area contributed by atoms with Gasteiger partial charge < -0.3 is 20.8 Å². The Bertz CT molecular complexity index is 559. The van der Waals surface area contributed by atoms with Crippen molar-refractivity contribution in [3.63, 3.8) is 0 Å². The quantitative estimate of drug-likeness (QED) is 0.604. The van der Waals surface area contributed by atoms with Crippen molar-refractivity contribution in [3.8, 4) is 0 Å². The Morgan fingerprint density at radius 2 is 2.00 bits per heavy atom. The van der Waals surface area contributed by atoms with Gasteiger partial charge in [0.05, 0.1) is 6.10 Å². The predicted molar refractivity (Wildman–Crippen MR) is 79.6 cm³/mol. The second-order valence-electron chi connectivity index (χ2n) is 5.60. The Kier molecular flexibility index (Phi) is 5.53. The van der Waals surface area contributed by atoms with Crippen molar-refractivity contribution in [2.45, 2.75) is 38.1 Å². The molecule has 0 aromatic carbocycles. The maximum atomic E-state index is 12.3. The fourth-order valence-electron chi connectivity index (χ4n) is 2.50. The summed E-state index contributed by atoms with van der Waals surface area (Å²) in [5.41, 5.74) is 0.506. The van der Waals surface area contributed by atoms with Crippen LogP contribution in [-0.2, 0) is 0 Å². The Morgan fingerprint density at radius 1 is 1.30 bits per heavy atom. The third-order valence-electron chi connectivity index (χ3n) is 3.77. The molecule has 1 aromatic rings. The van der Waals surface area contributed by atoms with Crippen molar-refractivity contribution in [1.82, 2.24) is 9.97 Å². The SMILES string of the molecule is Cc1c(Cl)nc(NCC(F)(F)F)nc1NC1CC(O)C(CO)C1. The molecule has 6 nitrogen and oxygen atoms in total. The number of nitrogens with one attached hydrogen (secondary N) is 2. The van der Waals surface area contributed by atoms with Crippen molar-refractivity contribution in [1.29, 1.82) is 0 Å². The number of hydrogen-bond donors (Lipinski definition) is 4. The van der Waals surface area contributed by atoms with Crippen molar-refractivity contribution in [3.05, 3.63) is 10.7 Å². The van der Waals surface area contributed by atoms with E-state index in [1.54, 1.807) is 6.92 Å². The molecule has 23 heavy (non-hydrogen) atoms. The van der Waals surface area contributed by atoms with E-state index in [2.05, 4.69) is 20.6 Å². The summed E-state index contributed by atoms with van der Waals surface area (Å²) < 4.78 is 36.8. The molecule has 1 aromatic heterocycles. The molecule has 0 amide bonds. The number of halogens is 4. The van der Waals surface area contributed by atoms with E-state index in [4.69, 9.17) is 16.7 Å². The Morgan fingerprint density at radius 3 is 2.57 bits per heavy atom. The van der Waals surface area contributed by atoms with Gasteiger partial charge in [-0.1, -0.05) is 11.6 Å². The number of aliphatic hydroxyl groups is 2. The predicted octanol–water partition coefficient (Wildman–Crippen LogP) is 1.96. The lowest BCUT2D eigenvalue weighted by atomic mass is 10.1. The van der Waals surface area contributed by atoms with Gasteiger partial charge in [0.25, 0.3) is 0 Å². The summed E-state index contributed by atoms with van der Waals surface area (Å²) >= 11 is 5.94. The lowest BCUT2D eigenvalue weighted by Gasteiger charge is -2.17. The molecule has 1 aliphatic rings. The van der Waals surface area contributed by atoms with E-state index in [0.29, 0.717) is 24.2 Å². The van der Waals surface area contributed by atoms with Gasteiger partial charge in [-0.05, 0) is 19.8 Å². The highest BCUT2D eigenvalue weighted by molar-refractivity contribution is 6.30. The first-order chi connectivity index (χ1) is 10.7. The van der Waals surface area contributed by atoms with Crippen LogP contribution in [0.5, 0.6) is 0 Å². The van der Waals surface area contributed by atoms with Gasteiger partial charge in [-0.3, -0.25) is 0 Å². The highest BCUT2D eigenvalue weighted by atomic mass is 35.5. The topological polar surface area (TPSA) is 90.3 Å². The Hall–Kier alpha value is -1.32. The summed E-state index contributed by atoms with van der Waals surface area (Å²) in [5, 5.41) is 24.1. The monoisotopic (exact) mass is 354 g/mol. The molecule has 4 N–H and O–H groups in total. The molecule has 1 fully saturated rings. The van der Waals surface area contributed by atoms with Gasteiger partial charge in [0.15, 0.2) is 0 Å². The van der Waals surface area contributed by atoms with E-state index < -0.39 is 18.8 Å². The van der Waals surface area contributed by atoms with Crippen molar-refractivity contribution >= 4 is 23.4 Å². The van der Waals surface area contributed by atoms with Crippen LogP contribution in [0, 0.1) is 12.8 Å². The average Bonchev–Trinajstić information content (AvgIpc) is 2.81. The molecule has 0 bridgehead atoms. The number of rotatable bonds is 5. The van der Waals surface area contributed by atoms with Crippen LogP contribution in [0.25, 0.3) is 0 Å². The van der Waals surface area contributed by atoms with Crippen LogP contribution in [0.15, 0.2) is 0 Å². The van der Waals surface area contributed by atoms with Crippen LogP contribution in [0.4, 0.5) is 24.9 Å². The van der Waals surface area contributed by atoms with Gasteiger partial charge in [0, 0.05) is 24.1 Å². The largest absolute Gasteiger partial charge is 0.405 e. The van der Waals surface area contributed by atoms with Crippen molar-refractivity contribution in [2.75, 3.05) is 23.8 Å². The summed E-state index contributed by atoms with van der Waals surface area (Å²) in [6.45, 7) is 0.259. The van der Waals surface area contributed by atoms with Gasteiger partial charge in [-0.2, -0.15) is 18.2 Å². The summed E-state index contributed by atoms with van der Waals surface area (Å²) in [6.07, 6.45) is -4.07. The van der Waals surface area contributed by atoms with Crippen molar-refractivity contribution < 1.29 is 23.4 Å². The second kappa shape index (κ2) is 7.06. The van der Waals surface area contributed by atoms with Crippen molar-refractivity contribution in [2.24, 2.45) is 5.92 Å². The van der Waals surface area contributed by atoms with Crippen LogP contribution < -0.4 is 10.6 Å². The van der Waals surface area contributed by atoms with Gasteiger partial charge in [-0.25, -0.2) is 4.98 Å². The minimum atomic E-state index is -4.39. The van der Waals surface area contributed by atoms with E-state index in [9.17, 15) is 18.3 Å². The van der Waals surface area contributed by atoms with Crippen LogP contribution in [0.1, 0.15) is 18.4 Å². The standard InChI is InChI=1S/C13H18ClF3N4O2/c1-6-10(14)20-12(18-5-13(15,16)17)21-11(6)19-8-2-7(4-22)9(23)3-8/h7-9,22-23H,2-5H2,1H3,(H2,18,19,20,21). The van der Waals surface area contributed by atoms with Crippen LogP contribution >= 0.6 is 11.6 Å². The Balaban J connectivity index is 2.10. The molecule has 3 atom stereocenters.